The van der Waals surface area contributed by atoms with E-state index in [0.717, 1.165) is 0 Å². The van der Waals surface area contributed by atoms with Crippen molar-refractivity contribution in [2.75, 3.05) is 5.32 Å². The van der Waals surface area contributed by atoms with Crippen molar-refractivity contribution >= 4 is 17.2 Å². The topological polar surface area (TPSA) is 88.1 Å². The van der Waals surface area contributed by atoms with Crippen molar-refractivity contribution in [2.24, 2.45) is 0 Å². The van der Waals surface area contributed by atoms with Gasteiger partial charge in [0.05, 0.1) is 11.6 Å². The van der Waals surface area contributed by atoms with Crippen LogP contribution in [-0.2, 0) is 6.18 Å². The zero-order valence-corrected chi connectivity index (χ0v) is 14.6. The van der Waals surface area contributed by atoms with Gasteiger partial charge in [0.1, 0.15) is 11.5 Å². The highest BCUT2D eigenvalue weighted by atomic mass is 19.4. The number of aromatic nitrogens is 4. The van der Waals surface area contributed by atoms with Gasteiger partial charge in [0.15, 0.2) is 11.5 Å². The summed E-state index contributed by atoms with van der Waals surface area (Å²) in [5.74, 6) is 0.0501. The lowest BCUT2D eigenvalue weighted by atomic mass is 10.2. The van der Waals surface area contributed by atoms with Gasteiger partial charge in [-0.05, 0) is 54.6 Å². The molecule has 29 heavy (non-hydrogen) atoms. The van der Waals surface area contributed by atoms with E-state index >= 15 is 0 Å². The predicted octanol–water partition coefficient (Wildman–Crippen LogP) is 4.55. The molecule has 7 nitrogen and oxygen atoms in total. The minimum Gasteiger partial charge on any atom is -0.457 e. The largest absolute Gasteiger partial charge is 0.457 e. The van der Waals surface area contributed by atoms with E-state index in [-0.39, 0.29) is 11.5 Å². The summed E-state index contributed by atoms with van der Waals surface area (Å²) >= 11 is 0. The van der Waals surface area contributed by atoms with Gasteiger partial charge in [-0.25, -0.2) is 0 Å². The van der Waals surface area contributed by atoms with Crippen LogP contribution in [0, 0.1) is 11.3 Å². The summed E-state index contributed by atoms with van der Waals surface area (Å²) in [7, 11) is 0. The van der Waals surface area contributed by atoms with Crippen LogP contribution in [0.15, 0.2) is 60.7 Å². The predicted molar refractivity (Wildman–Crippen MR) is 96.7 cm³/mol. The molecule has 0 fully saturated rings. The first-order chi connectivity index (χ1) is 13.9. The molecule has 0 atom stereocenters. The van der Waals surface area contributed by atoms with Gasteiger partial charge in [-0.15, -0.1) is 15.3 Å². The summed E-state index contributed by atoms with van der Waals surface area (Å²) in [6.07, 6.45) is -4.66. The lowest BCUT2D eigenvalue weighted by Crippen LogP contribution is -2.13. The Balaban J connectivity index is 1.52. The fourth-order valence-corrected chi connectivity index (χ4v) is 2.55. The first kappa shape index (κ1) is 18.2. The Bertz CT molecular complexity index is 1210. The second-order valence-electron chi connectivity index (χ2n) is 5.90. The van der Waals surface area contributed by atoms with Crippen LogP contribution in [0.25, 0.3) is 5.65 Å². The highest BCUT2D eigenvalue weighted by Gasteiger charge is 2.37. The highest BCUT2D eigenvalue weighted by Crippen LogP contribution is 2.28. The summed E-state index contributed by atoms with van der Waals surface area (Å²) < 4.78 is 45.2. The summed E-state index contributed by atoms with van der Waals surface area (Å²) in [5, 5.41) is 22.4. The van der Waals surface area contributed by atoms with E-state index in [0.29, 0.717) is 27.3 Å². The maximum absolute atomic E-state index is 13.0. The molecule has 2 heterocycles. The third-order valence-electron chi connectivity index (χ3n) is 3.84. The number of benzene rings is 2. The normalized spacial score (nSPS) is 11.2. The quantitative estimate of drug-likeness (QED) is 0.544. The van der Waals surface area contributed by atoms with Crippen LogP contribution in [0.1, 0.15) is 11.4 Å². The number of nitriles is 1. The van der Waals surface area contributed by atoms with E-state index in [1.165, 1.54) is 12.1 Å². The molecule has 144 valence electrons. The van der Waals surface area contributed by atoms with Crippen molar-refractivity contribution in [3.05, 3.63) is 72.1 Å². The van der Waals surface area contributed by atoms with E-state index in [1.807, 2.05) is 6.07 Å². The van der Waals surface area contributed by atoms with E-state index in [4.69, 9.17) is 10.00 Å². The Morgan fingerprint density at radius 1 is 0.966 bits per heavy atom. The van der Waals surface area contributed by atoms with E-state index in [1.54, 1.807) is 48.5 Å². The molecular formula is C19H11F3N6O. The molecule has 10 heteroatoms. The molecule has 0 saturated carbocycles. The van der Waals surface area contributed by atoms with Crippen LogP contribution in [-0.4, -0.2) is 19.8 Å². The molecule has 2 aromatic heterocycles. The second-order valence-corrected chi connectivity index (χ2v) is 5.90. The lowest BCUT2D eigenvalue weighted by Gasteiger charge is -2.09. The Kier molecular flexibility index (Phi) is 4.48. The van der Waals surface area contributed by atoms with Gasteiger partial charge in [0, 0.05) is 5.69 Å². The number of hydrogen-bond donors (Lipinski definition) is 1. The molecule has 0 amide bonds. The van der Waals surface area contributed by atoms with Gasteiger partial charge < -0.3 is 10.1 Å². The number of ether oxygens (including phenoxy) is 1. The lowest BCUT2D eigenvalue weighted by molar-refractivity contribution is -0.146. The molecule has 0 aliphatic heterocycles. The molecule has 0 bridgehead atoms. The fraction of sp³-hybridized carbons (Fsp3) is 0.0526. The van der Waals surface area contributed by atoms with Gasteiger partial charge in [-0.2, -0.15) is 22.9 Å². The zero-order chi connectivity index (χ0) is 20.4. The first-order valence-electron chi connectivity index (χ1n) is 8.27. The summed E-state index contributed by atoms with van der Waals surface area (Å²) in [5.41, 5.74) is 1.07. The van der Waals surface area contributed by atoms with Crippen LogP contribution < -0.4 is 10.1 Å². The van der Waals surface area contributed by atoms with Crippen molar-refractivity contribution in [2.45, 2.75) is 6.18 Å². The van der Waals surface area contributed by atoms with Gasteiger partial charge in [0.25, 0.3) is 5.82 Å². The fourth-order valence-electron chi connectivity index (χ4n) is 2.55. The Hall–Kier alpha value is -4.13. The Morgan fingerprint density at radius 2 is 1.76 bits per heavy atom. The minimum atomic E-state index is -4.66. The molecule has 4 rings (SSSR count). The van der Waals surface area contributed by atoms with Crippen molar-refractivity contribution < 1.29 is 17.9 Å². The third kappa shape index (κ3) is 3.93. The number of nitrogens with one attached hydrogen (secondary N) is 1. The van der Waals surface area contributed by atoms with Crippen molar-refractivity contribution in [1.82, 2.24) is 19.8 Å². The maximum atomic E-state index is 13.0. The summed E-state index contributed by atoms with van der Waals surface area (Å²) in [6.45, 7) is 0. The van der Waals surface area contributed by atoms with Gasteiger partial charge in [-0.3, -0.25) is 0 Å². The molecule has 1 N–H and O–H groups in total. The third-order valence-corrected chi connectivity index (χ3v) is 3.84. The molecule has 0 spiro atoms. The maximum Gasteiger partial charge on any atom is 0.453 e. The van der Waals surface area contributed by atoms with Crippen molar-refractivity contribution in [3.8, 4) is 17.6 Å². The highest BCUT2D eigenvalue weighted by molar-refractivity contribution is 5.58. The molecule has 2 aromatic carbocycles. The summed E-state index contributed by atoms with van der Waals surface area (Å²) in [6, 6.07) is 18.4. The molecule has 0 aliphatic carbocycles. The minimum absolute atomic E-state index is 0.00813. The molecule has 0 aliphatic rings. The Morgan fingerprint density at radius 3 is 2.48 bits per heavy atom. The van der Waals surface area contributed by atoms with Crippen LogP contribution in [0.3, 0.4) is 0 Å². The number of nitrogens with zero attached hydrogens (tertiary/aromatic N) is 5. The number of halogens is 3. The van der Waals surface area contributed by atoms with Gasteiger partial charge in [0.2, 0.25) is 0 Å². The van der Waals surface area contributed by atoms with Crippen LogP contribution in [0.5, 0.6) is 11.5 Å². The van der Waals surface area contributed by atoms with E-state index in [2.05, 4.69) is 20.6 Å². The molecule has 0 saturated heterocycles. The van der Waals surface area contributed by atoms with E-state index < -0.39 is 12.0 Å². The monoisotopic (exact) mass is 396 g/mol. The Labute approximate surface area is 162 Å². The summed E-state index contributed by atoms with van der Waals surface area (Å²) in [4.78, 5) is 0. The first-order valence-corrected chi connectivity index (χ1v) is 8.27. The smallest absolute Gasteiger partial charge is 0.453 e. The van der Waals surface area contributed by atoms with Crippen LogP contribution >= 0.6 is 0 Å². The second kappa shape index (κ2) is 7.12. The molecule has 0 unspecified atom stereocenters. The molecule has 4 aromatic rings. The van der Waals surface area contributed by atoms with E-state index in [9.17, 15) is 13.2 Å². The number of rotatable bonds is 4. The average Bonchev–Trinajstić information content (AvgIpc) is 3.13. The van der Waals surface area contributed by atoms with Gasteiger partial charge >= 0.3 is 6.18 Å². The average molecular weight is 396 g/mol. The SMILES string of the molecule is N#Cc1cccc(Oc2ccc(Nc3ccc4nnc(C(F)(F)F)n4n3)cc2)c1. The van der Waals surface area contributed by atoms with Crippen molar-refractivity contribution in [3.63, 3.8) is 0 Å². The zero-order valence-electron chi connectivity index (χ0n) is 14.6. The number of hydrogen-bond acceptors (Lipinski definition) is 6. The van der Waals surface area contributed by atoms with Crippen LogP contribution in [0.4, 0.5) is 24.7 Å². The standard InChI is InChI=1S/C19H11F3N6O/c20-19(21,22)18-26-25-17-9-8-16(27-28(17)18)24-13-4-6-14(7-5-13)29-15-3-1-2-12(10-15)11-23/h1-10H,(H,24,27). The van der Waals surface area contributed by atoms with Crippen molar-refractivity contribution in [1.29, 1.82) is 5.26 Å². The van der Waals surface area contributed by atoms with Gasteiger partial charge in [-0.1, -0.05) is 6.07 Å². The number of fused-ring (bicyclic) bond motifs is 1. The number of alkyl halides is 3. The molecule has 0 radical (unpaired) electrons. The number of anilines is 2. The van der Waals surface area contributed by atoms with Crippen LogP contribution in [0.2, 0.25) is 0 Å². The molecular weight excluding hydrogens is 385 g/mol.